The molecule has 1 amide bonds. The maximum Gasteiger partial charge on any atom is 0.241 e. The van der Waals surface area contributed by atoms with Crippen molar-refractivity contribution in [3.63, 3.8) is 0 Å². The van der Waals surface area contributed by atoms with Gasteiger partial charge in [0.25, 0.3) is 0 Å². The van der Waals surface area contributed by atoms with E-state index in [4.69, 9.17) is 9.47 Å². The molecule has 1 aromatic rings. The first kappa shape index (κ1) is 18.5. The molecule has 1 fully saturated rings. The summed E-state index contributed by atoms with van der Waals surface area (Å²) < 4.78 is 11.4. The molecule has 0 aromatic heterocycles. The summed E-state index contributed by atoms with van der Waals surface area (Å²) in [7, 11) is 0. The van der Waals surface area contributed by atoms with Gasteiger partial charge >= 0.3 is 0 Å². The number of para-hydroxylation sites is 2. The van der Waals surface area contributed by atoms with Crippen LogP contribution in [0.4, 0.5) is 5.69 Å². The van der Waals surface area contributed by atoms with Crippen LogP contribution in [0.2, 0.25) is 0 Å². The van der Waals surface area contributed by atoms with Crippen LogP contribution in [-0.4, -0.2) is 48.8 Å². The number of morpholine rings is 1. The van der Waals surface area contributed by atoms with Crippen molar-refractivity contribution in [1.82, 2.24) is 4.90 Å². The molecule has 5 nitrogen and oxygen atoms in total. The van der Waals surface area contributed by atoms with Crippen LogP contribution >= 0.6 is 0 Å². The molecule has 1 unspecified atom stereocenters. The van der Waals surface area contributed by atoms with Crippen LogP contribution in [0.3, 0.4) is 0 Å². The number of hydrogen-bond donors (Lipinski definition) is 1. The van der Waals surface area contributed by atoms with Gasteiger partial charge in [-0.25, -0.2) is 0 Å². The predicted octanol–water partition coefficient (Wildman–Crippen LogP) is 3.08. The van der Waals surface area contributed by atoms with E-state index in [2.05, 4.69) is 16.8 Å². The molecule has 1 aliphatic rings. The highest BCUT2D eigenvalue weighted by Gasteiger charge is 2.29. The van der Waals surface area contributed by atoms with Gasteiger partial charge in [-0.15, -0.1) is 0 Å². The summed E-state index contributed by atoms with van der Waals surface area (Å²) in [6.45, 7) is 13.7. The first-order chi connectivity index (χ1) is 11.4. The predicted molar refractivity (Wildman–Crippen MR) is 96.4 cm³/mol. The zero-order valence-corrected chi connectivity index (χ0v) is 15.0. The lowest BCUT2D eigenvalue weighted by Gasteiger charge is -2.38. The molecule has 0 spiro atoms. The Kier molecular flexibility index (Phi) is 6.40. The van der Waals surface area contributed by atoms with Crippen molar-refractivity contribution >= 4 is 11.6 Å². The van der Waals surface area contributed by atoms with Crippen LogP contribution in [0.15, 0.2) is 36.4 Å². The van der Waals surface area contributed by atoms with Crippen molar-refractivity contribution in [2.75, 3.05) is 25.0 Å². The van der Waals surface area contributed by atoms with Gasteiger partial charge in [0, 0.05) is 13.1 Å². The summed E-state index contributed by atoms with van der Waals surface area (Å²) in [6, 6.07) is 7.24. The number of nitrogens with zero attached hydrogens (tertiary/aromatic N) is 1. The highest BCUT2D eigenvalue weighted by Crippen LogP contribution is 2.25. The van der Waals surface area contributed by atoms with Gasteiger partial charge in [0.1, 0.15) is 12.4 Å². The third-order valence-corrected chi connectivity index (χ3v) is 3.99. The lowest BCUT2D eigenvalue weighted by Crippen LogP contribution is -2.52. The minimum Gasteiger partial charge on any atom is -0.487 e. The molecular formula is C19H28N2O3. The molecule has 0 bridgehead atoms. The summed E-state index contributed by atoms with van der Waals surface area (Å²) >= 11 is 0. The van der Waals surface area contributed by atoms with E-state index >= 15 is 0 Å². The largest absolute Gasteiger partial charge is 0.487 e. The van der Waals surface area contributed by atoms with Crippen LogP contribution in [0.25, 0.3) is 0 Å². The maximum atomic E-state index is 12.6. The van der Waals surface area contributed by atoms with Gasteiger partial charge in [-0.1, -0.05) is 18.7 Å². The number of carbonyl (C=O) groups excluding carboxylic acids is 1. The van der Waals surface area contributed by atoms with Crippen molar-refractivity contribution in [3.8, 4) is 5.75 Å². The normalized spacial score (nSPS) is 22.7. The number of rotatable bonds is 6. The molecule has 1 N–H and O–H groups in total. The second-order valence-electron chi connectivity index (χ2n) is 6.62. The highest BCUT2D eigenvalue weighted by molar-refractivity contribution is 5.95. The molecule has 5 heteroatoms. The molecule has 1 saturated heterocycles. The monoisotopic (exact) mass is 332 g/mol. The van der Waals surface area contributed by atoms with Gasteiger partial charge in [-0.2, -0.15) is 0 Å². The zero-order valence-electron chi connectivity index (χ0n) is 15.0. The fourth-order valence-corrected chi connectivity index (χ4v) is 2.83. The number of nitrogens with one attached hydrogen (secondary N) is 1. The maximum absolute atomic E-state index is 12.6. The SMILES string of the molecule is C=C(C)COc1ccccc1NC(=O)C(C)N1C[C@@H](C)O[C@@H](C)C1. The van der Waals surface area contributed by atoms with E-state index < -0.39 is 0 Å². The van der Waals surface area contributed by atoms with Crippen LogP contribution in [0.5, 0.6) is 5.75 Å². The third-order valence-electron chi connectivity index (χ3n) is 3.99. The Morgan fingerprint density at radius 2 is 2.00 bits per heavy atom. The van der Waals surface area contributed by atoms with Gasteiger partial charge in [0.2, 0.25) is 5.91 Å². The average molecular weight is 332 g/mol. The quantitative estimate of drug-likeness (QED) is 0.814. The number of ether oxygens (including phenoxy) is 2. The summed E-state index contributed by atoms with van der Waals surface area (Å²) in [5, 5.41) is 2.98. The molecule has 1 aromatic carbocycles. The van der Waals surface area contributed by atoms with Gasteiger partial charge < -0.3 is 14.8 Å². The van der Waals surface area contributed by atoms with E-state index in [9.17, 15) is 4.79 Å². The Balaban J connectivity index is 2.02. The van der Waals surface area contributed by atoms with Gasteiger partial charge in [-0.05, 0) is 45.4 Å². The fraction of sp³-hybridized carbons (Fsp3) is 0.526. The van der Waals surface area contributed by atoms with Crippen LogP contribution in [0.1, 0.15) is 27.7 Å². The summed E-state index contributed by atoms with van der Waals surface area (Å²) in [6.07, 6.45) is 0.269. The molecule has 0 saturated carbocycles. The van der Waals surface area contributed by atoms with Crippen LogP contribution in [-0.2, 0) is 9.53 Å². The van der Waals surface area contributed by atoms with E-state index in [-0.39, 0.29) is 24.2 Å². The lowest BCUT2D eigenvalue weighted by molar-refractivity contribution is -0.126. The van der Waals surface area contributed by atoms with Crippen LogP contribution < -0.4 is 10.1 Å². The number of amides is 1. The molecule has 1 aliphatic heterocycles. The van der Waals surface area contributed by atoms with Crippen molar-refractivity contribution in [1.29, 1.82) is 0 Å². The van der Waals surface area contributed by atoms with Crippen molar-refractivity contribution in [2.24, 2.45) is 0 Å². The number of benzene rings is 1. The van der Waals surface area contributed by atoms with E-state index in [0.717, 1.165) is 18.7 Å². The standard InChI is InChI=1S/C19H28N2O3/c1-13(2)12-23-18-9-7-6-8-17(18)20-19(22)16(5)21-10-14(3)24-15(4)11-21/h6-9,14-16H,1,10-12H2,2-5H3,(H,20,22)/t14-,15+,16?. The second kappa shape index (κ2) is 8.31. The van der Waals surface area contributed by atoms with Crippen molar-refractivity contribution in [3.05, 3.63) is 36.4 Å². The van der Waals surface area contributed by atoms with E-state index in [1.807, 2.05) is 52.0 Å². The first-order valence-corrected chi connectivity index (χ1v) is 8.43. The fourth-order valence-electron chi connectivity index (χ4n) is 2.83. The van der Waals surface area contributed by atoms with E-state index in [0.29, 0.717) is 18.0 Å². The van der Waals surface area contributed by atoms with Crippen molar-refractivity contribution in [2.45, 2.75) is 45.9 Å². The number of hydrogen-bond acceptors (Lipinski definition) is 4. The van der Waals surface area contributed by atoms with Gasteiger partial charge in [0.15, 0.2) is 0 Å². The summed E-state index contributed by atoms with van der Waals surface area (Å²) in [4.78, 5) is 14.8. The Bertz CT molecular complexity index is 578. The Morgan fingerprint density at radius 1 is 1.38 bits per heavy atom. The third kappa shape index (κ3) is 5.08. The van der Waals surface area contributed by atoms with E-state index in [1.165, 1.54) is 0 Å². The summed E-state index contributed by atoms with van der Waals surface area (Å²) in [5.41, 5.74) is 1.62. The Hall–Kier alpha value is -1.85. The van der Waals surface area contributed by atoms with Crippen LogP contribution in [0, 0.1) is 0 Å². The summed E-state index contributed by atoms with van der Waals surface area (Å²) in [5.74, 6) is 0.618. The van der Waals surface area contributed by atoms with Crippen molar-refractivity contribution < 1.29 is 14.3 Å². The molecule has 24 heavy (non-hydrogen) atoms. The van der Waals surface area contributed by atoms with Gasteiger partial charge in [0.05, 0.1) is 23.9 Å². The lowest BCUT2D eigenvalue weighted by atomic mass is 10.1. The zero-order chi connectivity index (χ0) is 17.7. The smallest absolute Gasteiger partial charge is 0.241 e. The highest BCUT2D eigenvalue weighted by atomic mass is 16.5. The molecule has 3 atom stereocenters. The first-order valence-electron chi connectivity index (χ1n) is 8.43. The average Bonchev–Trinajstić information content (AvgIpc) is 2.52. The molecular weight excluding hydrogens is 304 g/mol. The molecule has 0 radical (unpaired) electrons. The molecule has 132 valence electrons. The molecule has 0 aliphatic carbocycles. The molecule has 2 rings (SSSR count). The minimum atomic E-state index is -0.229. The minimum absolute atomic E-state index is 0.0392. The Labute approximate surface area is 144 Å². The number of carbonyl (C=O) groups is 1. The van der Waals surface area contributed by atoms with E-state index in [1.54, 1.807) is 0 Å². The van der Waals surface area contributed by atoms with Gasteiger partial charge in [-0.3, -0.25) is 9.69 Å². The second-order valence-corrected chi connectivity index (χ2v) is 6.62. The Morgan fingerprint density at radius 3 is 2.62 bits per heavy atom. The molecule has 1 heterocycles. The number of anilines is 1. The topological polar surface area (TPSA) is 50.8 Å².